The van der Waals surface area contributed by atoms with Crippen molar-refractivity contribution in [3.63, 3.8) is 0 Å². The minimum absolute atomic E-state index is 0.0631. The summed E-state index contributed by atoms with van der Waals surface area (Å²) in [5, 5.41) is 6.45. The molecular weight excluding hydrogens is 264 g/mol. The molecule has 7 heteroatoms. The summed E-state index contributed by atoms with van der Waals surface area (Å²) in [7, 11) is -1.82. The van der Waals surface area contributed by atoms with Gasteiger partial charge in [-0.2, -0.15) is 5.10 Å². The maximum absolute atomic E-state index is 12.2. The van der Waals surface area contributed by atoms with E-state index in [1.807, 2.05) is 0 Å². The Morgan fingerprint density at radius 1 is 1.37 bits per heavy atom. The summed E-state index contributed by atoms with van der Waals surface area (Å²) in [6.07, 6.45) is 3.28. The van der Waals surface area contributed by atoms with E-state index in [0.717, 1.165) is 5.56 Å². The van der Waals surface area contributed by atoms with Gasteiger partial charge in [-0.1, -0.05) is 12.1 Å². The number of aromatic amines is 1. The molecule has 0 saturated carbocycles. The van der Waals surface area contributed by atoms with Gasteiger partial charge in [0.1, 0.15) is 0 Å². The van der Waals surface area contributed by atoms with Crippen molar-refractivity contribution in [3.05, 3.63) is 47.8 Å². The summed E-state index contributed by atoms with van der Waals surface area (Å²) < 4.78 is 25.7. The highest BCUT2D eigenvalue weighted by Gasteiger charge is 2.19. The first-order chi connectivity index (χ1) is 8.97. The Kier molecular flexibility index (Phi) is 3.87. The van der Waals surface area contributed by atoms with Crippen LogP contribution in [0, 0.1) is 0 Å². The number of sulfonamides is 1. The molecule has 0 aliphatic heterocycles. The van der Waals surface area contributed by atoms with Crippen LogP contribution in [0.2, 0.25) is 0 Å². The van der Waals surface area contributed by atoms with E-state index in [0.29, 0.717) is 17.8 Å². The van der Waals surface area contributed by atoms with Crippen molar-refractivity contribution in [2.24, 2.45) is 0 Å². The van der Waals surface area contributed by atoms with Gasteiger partial charge in [-0.25, -0.2) is 12.7 Å². The van der Waals surface area contributed by atoms with Crippen molar-refractivity contribution in [2.75, 3.05) is 12.8 Å². The fourth-order valence-electron chi connectivity index (χ4n) is 1.72. The number of hydrogen-bond donors (Lipinski definition) is 2. The predicted octanol–water partition coefficient (Wildman–Crippen LogP) is 0.954. The molecule has 3 N–H and O–H groups in total. The van der Waals surface area contributed by atoms with Crippen LogP contribution in [0.3, 0.4) is 0 Å². The Morgan fingerprint density at radius 3 is 2.79 bits per heavy atom. The van der Waals surface area contributed by atoms with E-state index >= 15 is 0 Å². The van der Waals surface area contributed by atoms with Crippen molar-refractivity contribution in [1.29, 1.82) is 0 Å². The second kappa shape index (κ2) is 5.41. The smallest absolute Gasteiger partial charge is 0.218 e. The lowest BCUT2D eigenvalue weighted by Crippen LogP contribution is -2.27. The second-order valence-electron chi connectivity index (χ2n) is 4.36. The van der Waals surface area contributed by atoms with E-state index in [1.54, 1.807) is 43.7 Å². The zero-order valence-corrected chi connectivity index (χ0v) is 11.4. The molecule has 6 nitrogen and oxygen atoms in total. The van der Waals surface area contributed by atoms with E-state index in [2.05, 4.69) is 10.2 Å². The third-order valence-electron chi connectivity index (χ3n) is 2.74. The number of aromatic nitrogens is 2. The first kappa shape index (κ1) is 13.6. The summed E-state index contributed by atoms with van der Waals surface area (Å²) in [6.45, 7) is 0.293. The summed E-state index contributed by atoms with van der Waals surface area (Å²) in [4.78, 5) is 0. The number of nitrogens with zero attached hydrogens (tertiary/aromatic N) is 2. The van der Waals surface area contributed by atoms with Gasteiger partial charge in [0.2, 0.25) is 10.0 Å². The molecule has 1 aromatic heterocycles. The van der Waals surface area contributed by atoms with E-state index < -0.39 is 10.0 Å². The molecule has 0 saturated heterocycles. The lowest BCUT2D eigenvalue weighted by atomic mass is 10.2. The molecule has 19 heavy (non-hydrogen) atoms. The number of nitrogens with one attached hydrogen (secondary N) is 1. The Labute approximate surface area is 112 Å². The fraction of sp³-hybridized carbons (Fsp3) is 0.250. The molecule has 0 amide bonds. The highest BCUT2D eigenvalue weighted by molar-refractivity contribution is 7.88. The largest absolute Gasteiger partial charge is 0.399 e. The Bertz CT molecular complexity index is 638. The van der Waals surface area contributed by atoms with E-state index in [4.69, 9.17) is 5.73 Å². The zero-order chi connectivity index (χ0) is 13.9. The van der Waals surface area contributed by atoms with Gasteiger partial charge in [-0.3, -0.25) is 5.10 Å². The Morgan fingerprint density at radius 2 is 2.16 bits per heavy atom. The van der Waals surface area contributed by atoms with Crippen molar-refractivity contribution < 1.29 is 8.42 Å². The lowest BCUT2D eigenvalue weighted by Gasteiger charge is -2.16. The maximum atomic E-state index is 12.2. The average molecular weight is 280 g/mol. The molecule has 0 aliphatic rings. The van der Waals surface area contributed by atoms with Gasteiger partial charge in [0.05, 0.1) is 11.9 Å². The number of rotatable bonds is 5. The maximum Gasteiger partial charge on any atom is 0.218 e. The van der Waals surface area contributed by atoms with E-state index in [9.17, 15) is 8.42 Å². The Hall–Kier alpha value is -1.86. The zero-order valence-electron chi connectivity index (χ0n) is 10.6. The highest BCUT2D eigenvalue weighted by Crippen LogP contribution is 2.14. The van der Waals surface area contributed by atoms with Crippen molar-refractivity contribution in [2.45, 2.75) is 12.3 Å². The monoisotopic (exact) mass is 280 g/mol. The third kappa shape index (κ3) is 3.55. The van der Waals surface area contributed by atoms with E-state index in [-0.39, 0.29) is 5.75 Å². The minimum atomic E-state index is -3.37. The number of nitrogens with two attached hydrogens (primary N) is 1. The number of nitrogen functional groups attached to an aromatic ring is 1. The molecular formula is C12H16N4O2S. The van der Waals surface area contributed by atoms with Crippen LogP contribution in [0.1, 0.15) is 11.1 Å². The van der Waals surface area contributed by atoms with Gasteiger partial charge in [0.25, 0.3) is 0 Å². The molecule has 0 bridgehead atoms. The number of anilines is 1. The SMILES string of the molecule is CN(Cc1cn[nH]c1)S(=O)(=O)Cc1cccc(N)c1. The molecule has 102 valence electrons. The van der Waals surface area contributed by atoms with Crippen LogP contribution >= 0.6 is 0 Å². The summed E-state index contributed by atoms with van der Waals surface area (Å²) in [5.41, 5.74) is 7.70. The van der Waals surface area contributed by atoms with Crippen LogP contribution in [0.25, 0.3) is 0 Å². The highest BCUT2D eigenvalue weighted by atomic mass is 32.2. The van der Waals surface area contributed by atoms with Gasteiger partial charge in [0, 0.05) is 31.0 Å². The summed E-state index contributed by atoms with van der Waals surface area (Å²) >= 11 is 0. The molecule has 0 aliphatic carbocycles. The van der Waals surface area contributed by atoms with Crippen LogP contribution in [0.15, 0.2) is 36.7 Å². The van der Waals surface area contributed by atoms with Crippen LogP contribution in [0.5, 0.6) is 0 Å². The molecule has 1 aromatic carbocycles. The molecule has 2 aromatic rings. The Balaban J connectivity index is 2.09. The molecule has 0 atom stereocenters. The minimum Gasteiger partial charge on any atom is -0.399 e. The van der Waals surface area contributed by atoms with Gasteiger partial charge in [0.15, 0.2) is 0 Å². The second-order valence-corrected chi connectivity index (χ2v) is 6.44. The fourth-order valence-corrected chi connectivity index (χ4v) is 2.89. The van der Waals surface area contributed by atoms with Gasteiger partial charge < -0.3 is 5.73 Å². The van der Waals surface area contributed by atoms with Crippen molar-refractivity contribution in [1.82, 2.24) is 14.5 Å². The lowest BCUT2D eigenvalue weighted by molar-refractivity contribution is 0.466. The quantitative estimate of drug-likeness (QED) is 0.798. The van der Waals surface area contributed by atoms with Crippen LogP contribution in [-0.4, -0.2) is 30.0 Å². The average Bonchev–Trinajstić information content (AvgIpc) is 2.81. The molecule has 0 radical (unpaired) electrons. The molecule has 1 heterocycles. The topological polar surface area (TPSA) is 92.1 Å². The van der Waals surface area contributed by atoms with Crippen LogP contribution in [0.4, 0.5) is 5.69 Å². The van der Waals surface area contributed by atoms with Gasteiger partial charge >= 0.3 is 0 Å². The first-order valence-corrected chi connectivity index (χ1v) is 7.34. The normalized spacial score (nSPS) is 11.9. The molecule has 0 spiro atoms. The van der Waals surface area contributed by atoms with Gasteiger partial charge in [-0.05, 0) is 17.7 Å². The van der Waals surface area contributed by atoms with E-state index in [1.165, 1.54) is 4.31 Å². The molecule has 2 rings (SSSR count). The summed E-state index contributed by atoms with van der Waals surface area (Å²) in [5.74, 6) is -0.0631. The standard InChI is InChI=1S/C12H16N4O2S/c1-16(8-11-6-14-15-7-11)19(17,18)9-10-3-2-4-12(13)5-10/h2-7H,8-9,13H2,1H3,(H,14,15). The number of H-pyrrole nitrogens is 1. The number of hydrogen-bond acceptors (Lipinski definition) is 4. The third-order valence-corrected chi connectivity index (χ3v) is 4.51. The van der Waals surface area contributed by atoms with Gasteiger partial charge in [-0.15, -0.1) is 0 Å². The van der Waals surface area contributed by atoms with Crippen molar-refractivity contribution in [3.8, 4) is 0 Å². The predicted molar refractivity (Wildman–Crippen MR) is 73.5 cm³/mol. The van der Waals surface area contributed by atoms with Crippen LogP contribution < -0.4 is 5.73 Å². The first-order valence-electron chi connectivity index (χ1n) is 5.73. The molecule has 0 unspecified atom stereocenters. The number of benzene rings is 1. The van der Waals surface area contributed by atoms with Crippen LogP contribution in [-0.2, 0) is 22.3 Å². The molecule has 0 fully saturated rings. The summed E-state index contributed by atoms with van der Waals surface area (Å²) in [6, 6.07) is 6.89. The van der Waals surface area contributed by atoms with Crippen molar-refractivity contribution >= 4 is 15.7 Å².